The normalized spacial score (nSPS) is 27.2. The Morgan fingerprint density at radius 2 is 2.27 bits per heavy atom. The van der Waals surface area contributed by atoms with Crippen LogP contribution in [0.5, 0.6) is 0 Å². The summed E-state index contributed by atoms with van der Waals surface area (Å²) in [5, 5.41) is 0. The lowest BCUT2D eigenvalue weighted by atomic mass is 9.93. The Labute approximate surface area is 90.1 Å². The van der Waals surface area contributed by atoms with E-state index in [0.29, 0.717) is 0 Å². The van der Waals surface area contributed by atoms with Crippen LogP contribution in [0.1, 0.15) is 55.7 Å². The summed E-state index contributed by atoms with van der Waals surface area (Å²) in [4.78, 5) is 9.19. The first-order valence-electron chi connectivity index (χ1n) is 5.81. The minimum Gasteiger partial charge on any atom is -0.324 e. The molecular formula is C12H17N3. The van der Waals surface area contributed by atoms with E-state index in [4.69, 9.17) is 10.7 Å². The van der Waals surface area contributed by atoms with Crippen molar-refractivity contribution in [3.8, 4) is 0 Å². The third-order valence-corrected chi connectivity index (χ3v) is 3.77. The summed E-state index contributed by atoms with van der Waals surface area (Å²) >= 11 is 0. The quantitative estimate of drug-likeness (QED) is 0.758. The van der Waals surface area contributed by atoms with Crippen LogP contribution in [0, 0.1) is 0 Å². The van der Waals surface area contributed by atoms with Crippen LogP contribution < -0.4 is 5.73 Å². The maximum atomic E-state index is 6.04. The number of fused-ring (bicyclic) bond motifs is 1. The summed E-state index contributed by atoms with van der Waals surface area (Å²) in [6.45, 7) is 2.25. The highest BCUT2D eigenvalue weighted by Gasteiger charge is 2.42. The molecule has 2 N–H and O–H groups in total. The number of aromatic nitrogens is 2. The van der Waals surface area contributed by atoms with Gasteiger partial charge in [-0.15, -0.1) is 0 Å². The van der Waals surface area contributed by atoms with Crippen LogP contribution in [0.2, 0.25) is 0 Å². The van der Waals surface area contributed by atoms with Crippen LogP contribution in [0.25, 0.3) is 0 Å². The maximum Gasteiger partial charge on any atom is 0.134 e. The molecule has 0 radical (unpaired) electrons. The van der Waals surface area contributed by atoms with Crippen LogP contribution in [-0.4, -0.2) is 9.97 Å². The Hall–Kier alpha value is -0.960. The van der Waals surface area contributed by atoms with Crippen molar-refractivity contribution >= 4 is 0 Å². The van der Waals surface area contributed by atoms with E-state index < -0.39 is 0 Å². The van der Waals surface area contributed by atoms with Gasteiger partial charge in [-0.1, -0.05) is 6.92 Å². The molecule has 80 valence electrons. The van der Waals surface area contributed by atoms with Gasteiger partial charge in [0, 0.05) is 28.9 Å². The van der Waals surface area contributed by atoms with Gasteiger partial charge in [0.2, 0.25) is 0 Å². The molecule has 1 heterocycles. The average Bonchev–Trinajstić information content (AvgIpc) is 2.98. The Morgan fingerprint density at radius 3 is 3.00 bits per heavy atom. The first-order chi connectivity index (χ1) is 7.19. The molecule has 1 saturated carbocycles. The number of rotatable bonds is 1. The van der Waals surface area contributed by atoms with E-state index >= 15 is 0 Å². The van der Waals surface area contributed by atoms with Gasteiger partial charge >= 0.3 is 0 Å². The van der Waals surface area contributed by atoms with Gasteiger partial charge in [0.05, 0.1) is 0 Å². The number of hydrogen-bond acceptors (Lipinski definition) is 3. The molecule has 2 aliphatic carbocycles. The molecule has 0 spiro atoms. The van der Waals surface area contributed by atoms with Gasteiger partial charge in [0.1, 0.15) is 5.82 Å². The molecule has 0 bridgehead atoms. The zero-order valence-electron chi connectivity index (χ0n) is 9.16. The second-order valence-corrected chi connectivity index (χ2v) is 5.16. The fourth-order valence-corrected chi connectivity index (χ4v) is 2.28. The molecule has 0 aromatic carbocycles. The highest BCUT2D eigenvalue weighted by molar-refractivity contribution is 5.27. The smallest absolute Gasteiger partial charge is 0.134 e. The molecule has 2 aliphatic rings. The summed E-state index contributed by atoms with van der Waals surface area (Å²) in [6.07, 6.45) is 7.75. The largest absolute Gasteiger partial charge is 0.324 e. The van der Waals surface area contributed by atoms with Gasteiger partial charge in [0.15, 0.2) is 0 Å². The van der Waals surface area contributed by atoms with Crippen molar-refractivity contribution in [1.29, 1.82) is 0 Å². The number of nitrogens with two attached hydrogens (primary N) is 1. The molecule has 1 aromatic heterocycles. The molecule has 15 heavy (non-hydrogen) atoms. The zero-order chi connectivity index (χ0) is 10.5. The zero-order valence-corrected chi connectivity index (χ0v) is 9.16. The molecule has 0 amide bonds. The van der Waals surface area contributed by atoms with Crippen molar-refractivity contribution < 1.29 is 0 Å². The van der Waals surface area contributed by atoms with Crippen molar-refractivity contribution in [1.82, 2.24) is 9.97 Å². The van der Waals surface area contributed by atoms with E-state index in [1.54, 1.807) is 0 Å². The third-order valence-electron chi connectivity index (χ3n) is 3.77. The third kappa shape index (κ3) is 1.46. The topological polar surface area (TPSA) is 51.8 Å². The van der Waals surface area contributed by atoms with Gasteiger partial charge < -0.3 is 5.73 Å². The minimum atomic E-state index is 0.162. The van der Waals surface area contributed by atoms with Crippen LogP contribution in [0.15, 0.2) is 6.20 Å². The van der Waals surface area contributed by atoms with Gasteiger partial charge in [-0.2, -0.15) is 0 Å². The number of aryl methyl sites for hydroxylation is 1. The molecule has 0 saturated heterocycles. The second kappa shape index (κ2) is 3.01. The molecular weight excluding hydrogens is 186 g/mol. The van der Waals surface area contributed by atoms with Crippen LogP contribution in [0.3, 0.4) is 0 Å². The van der Waals surface area contributed by atoms with Crippen molar-refractivity contribution in [2.45, 2.75) is 50.5 Å². The minimum absolute atomic E-state index is 0.162. The van der Waals surface area contributed by atoms with Gasteiger partial charge in [-0.05, 0) is 32.1 Å². The standard InChI is InChI=1S/C12H17N3/c1-12(5-6-12)11-14-7-8-9(13)3-2-4-10(8)15-11/h7,9H,2-6,13H2,1H3. The molecule has 3 heteroatoms. The van der Waals surface area contributed by atoms with Crippen LogP contribution in [0.4, 0.5) is 0 Å². The molecule has 3 nitrogen and oxygen atoms in total. The molecule has 0 aliphatic heterocycles. The van der Waals surface area contributed by atoms with E-state index in [1.807, 2.05) is 6.20 Å². The van der Waals surface area contributed by atoms with Crippen LogP contribution >= 0.6 is 0 Å². The SMILES string of the molecule is CC1(c2ncc3c(n2)CCCC3N)CC1. The Kier molecular flexibility index (Phi) is 1.87. The number of hydrogen-bond donors (Lipinski definition) is 1. The monoisotopic (exact) mass is 203 g/mol. The van der Waals surface area contributed by atoms with Crippen molar-refractivity contribution in [2.75, 3.05) is 0 Å². The van der Waals surface area contributed by atoms with Gasteiger partial charge in [0.25, 0.3) is 0 Å². The predicted molar refractivity (Wildman–Crippen MR) is 58.5 cm³/mol. The summed E-state index contributed by atoms with van der Waals surface area (Å²) in [7, 11) is 0. The second-order valence-electron chi connectivity index (χ2n) is 5.16. The lowest BCUT2D eigenvalue weighted by molar-refractivity contribution is 0.546. The summed E-state index contributed by atoms with van der Waals surface area (Å²) in [5.74, 6) is 1.04. The summed E-state index contributed by atoms with van der Waals surface area (Å²) in [6, 6.07) is 0.162. The first kappa shape index (κ1) is 9.28. The van der Waals surface area contributed by atoms with Gasteiger partial charge in [-0.3, -0.25) is 0 Å². The van der Waals surface area contributed by atoms with Crippen molar-refractivity contribution in [3.05, 3.63) is 23.3 Å². The summed E-state index contributed by atoms with van der Waals surface area (Å²) < 4.78 is 0. The Morgan fingerprint density at radius 1 is 1.47 bits per heavy atom. The van der Waals surface area contributed by atoms with Crippen molar-refractivity contribution in [2.24, 2.45) is 5.73 Å². The maximum absolute atomic E-state index is 6.04. The molecule has 1 fully saturated rings. The Bertz CT molecular complexity index is 396. The van der Waals surface area contributed by atoms with Crippen molar-refractivity contribution in [3.63, 3.8) is 0 Å². The van der Waals surface area contributed by atoms with E-state index in [-0.39, 0.29) is 11.5 Å². The van der Waals surface area contributed by atoms with Crippen LogP contribution in [-0.2, 0) is 11.8 Å². The lowest BCUT2D eigenvalue weighted by Gasteiger charge is -2.22. The van der Waals surface area contributed by atoms with E-state index in [9.17, 15) is 0 Å². The van der Waals surface area contributed by atoms with E-state index in [1.165, 1.54) is 30.5 Å². The summed E-state index contributed by atoms with van der Waals surface area (Å²) in [5.41, 5.74) is 8.69. The highest BCUT2D eigenvalue weighted by atomic mass is 14.9. The van der Waals surface area contributed by atoms with Gasteiger partial charge in [-0.25, -0.2) is 9.97 Å². The molecule has 1 unspecified atom stereocenters. The molecule has 3 rings (SSSR count). The fraction of sp³-hybridized carbons (Fsp3) is 0.667. The molecule has 1 aromatic rings. The highest BCUT2D eigenvalue weighted by Crippen LogP contribution is 2.46. The first-order valence-corrected chi connectivity index (χ1v) is 5.81. The lowest BCUT2D eigenvalue weighted by Crippen LogP contribution is -2.21. The Balaban J connectivity index is 2.02. The molecule has 1 atom stereocenters. The average molecular weight is 203 g/mol. The number of nitrogens with zero attached hydrogens (tertiary/aromatic N) is 2. The fourth-order valence-electron chi connectivity index (χ4n) is 2.28. The van der Waals surface area contributed by atoms with E-state index in [2.05, 4.69) is 11.9 Å². The van der Waals surface area contributed by atoms with E-state index in [0.717, 1.165) is 18.7 Å². The predicted octanol–water partition coefficient (Wildman–Crippen LogP) is 1.86.